The summed E-state index contributed by atoms with van der Waals surface area (Å²) in [5.74, 6) is -1.43. The molecular weight excluding hydrogens is 296 g/mol. The van der Waals surface area contributed by atoms with E-state index in [1.807, 2.05) is 30.3 Å². The van der Waals surface area contributed by atoms with E-state index in [1.54, 1.807) is 0 Å². The fourth-order valence-corrected chi connectivity index (χ4v) is 2.16. The molecule has 1 heterocycles. The van der Waals surface area contributed by atoms with Crippen molar-refractivity contribution in [2.45, 2.75) is 6.42 Å². The third kappa shape index (κ3) is 6.58. The predicted molar refractivity (Wildman–Crippen MR) is 87.1 cm³/mol. The summed E-state index contributed by atoms with van der Waals surface area (Å²) >= 11 is 0. The van der Waals surface area contributed by atoms with Gasteiger partial charge in [0, 0.05) is 19.6 Å². The maximum absolute atomic E-state index is 11.6. The van der Waals surface area contributed by atoms with Crippen molar-refractivity contribution in [2.24, 2.45) is 5.10 Å². The van der Waals surface area contributed by atoms with E-state index in [0.717, 1.165) is 44.8 Å². The van der Waals surface area contributed by atoms with Gasteiger partial charge in [0.25, 0.3) is 0 Å². The molecule has 0 unspecified atom stereocenters. The van der Waals surface area contributed by atoms with Crippen LogP contribution in [-0.4, -0.2) is 62.3 Å². The molecule has 1 aromatic carbocycles. The average Bonchev–Trinajstić information content (AvgIpc) is 2.60. The molecule has 7 heteroatoms. The van der Waals surface area contributed by atoms with E-state index in [-0.39, 0.29) is 0 Å². The molecule has 2 rings (SSSR count). The number of rotatable bonds is 6. The number of morpholine rings is 1. The fraction of sp³-hybridized carbons (Fsp3) is 0.438. The summed E-state index contributed by atoms with van der Waals surface area (Å²) in [7, 11) is 0. The summed E-state index contributed by atoms with van der Waals surface area (Å²) in [6.07, 6.45) is 2.29. The molecule has 0 spiro atoms. The predicted octanol–water partition coefficient (Wildman–Crippen LogP) is -0.0248. The first kappa shape index (κ1) is 17.1. The van der Waals surface area contributed by atoms with Crippen LogP contribution in [0.4, 0.5) is 0 Å². The Kier molecular flexibility index (Phi) is 7.22. The second-order valence-corrected chi connectivity index (χ2v) is 5.17. The van der Waals surface area contributed by atoms with Gasteiger partial charge in [0.2, 0.25) is 0 Å². The molecule has 0 aliphatic carbocycles. The van der Waals surface area contributed by atoms with Crippen LogP contribution < -0.4 is 10.7 Å². The molecule has 2 N–H and O–H groups in total. The zero-order chi connectivity index (χ0) is 16.3. The first-order valence-electron chi connectivity index (χ1n) is 7.72. The van der Waals surface area contributed by atoms with E-state index in [2.05, 4.69) is 20.7 Å². The zero-order valence-corrected chi connectivity index (χ0v) is 13.0. The van der Waals surface area contributed by atoms with Crippen LogP contribution in [0.5, 0.6) is 0 Å². The maximum Gasteiger partial charge on any atom is 0.329 e. The van der Waals surface area contributed by atoms with Gasteiger partial charge in [-0.05, 0) is 18.5 Å². The van der Waals surface area contributed by atoms with Gasteiger partial charge < -0.3 is 10.1 Å². The molecule has 0 saturated carbocycles. The average molecular weight is 318 g/mol. The van der Waals surface area contributed by atoms with E-state index >= 15 is 0 Å². The molecule has 1 aromatic rings. The minimum atomic E-state index is -0.761. The van der Waals surface area contributed by atoms with Crippen LogP contribution in [0.15, 0.2) is 35.4 Å². The van der Waals surface area contributed by atoms with Crippen LogP contribution in [0.3, 0.4) is 0 Å². The number of nitrogens with one attached hydrogen (secondary N) is 2. The lowest BCUT2D eigenvalue weighted by atomic mass is 10.2. The topological polar surface area (TPSA) is 83.0 Å². The molecule has 23 heavy (non-hydrogen) atoms. The number of hydrazone groups is 1. The molecule has 1 fully saturated rings. The Morgan fingerprint density at radius 1 is 1.17 bits per heavy atom. The first-order valence-corrected chi connectivity index (χ1v) is 7.72. The van der Waals surface area contributed by atoms with Crippen LogP contribution >= 0.6 is 0 Å². The Balaban J connectivity index is 1.59. The molecular formula is C16H22N4O3. The molecule has 0 bridgehead atoms. The van der Waals surface area contributed by atoms with Crippen molar-refractivity contribution < 1.29 is 14.3 Å². The Morgan fingerprint density at radius 2 is 1.91 bits per heavy atom. The summed E-state index contributed by atoms with van der Waals surface area (Å²) < 4.78 is 5.27. The molecule has 1 saturated heterocycles. The van der Waals surface area contributed by atoms with E-state index in [4.69, 9.17) is 4.74 Å². The van der Waals surface area contributed by atoms with E-state index in [1.165, 1.54) is 6.21 Å². The van der Waals surface area contributed by atoms with Gasteiger partial charge in [-0.25, -0.2) is 5.43 Å². The highest BCUT2D eigenvalue weighted by Gasteiger charge is 2.13. The molecule has 2 amide bonds. The Labute approximate surface area is 135 Å². The fourth-order valence-electron chi connectivity index (χ4n) is 2.16. The summed E-state index contributed by atoms with van der Waals surface area (Å²) in [5.41, 5.74) is 3.06. The van der Waals surface area contributed by atoms with Gasteiger partial charge in [0.15, 0.2) is 0 Å². The Morgan fingerprint density at radius 3 is 2.65 bits per heavy atom. The third-order valence-electron chi connectivity index (χ3n) is 3.43. The highest BCUT2D eigenvalue weighted by molar-refractivity contribution is 6.35. The lowest BCUT2D eigenvalue weighted by molar-refractivity contribution is -0.139. The maximum atomic E-state index is 11.6. The molecule has 1 aliphatic rings. The SMILES string of the molecule is O=C(NCCCN1CCOCC1)C(=O)NN=Cc1ccccc1. The van der Waals surface area contributed by atoms with Crippen molar-refractivity contribution in [2.75, 3.05) is 39.4 Å². The second-order valence-electron chi connectivity index (χ2n) is 5.17. The molecule has 0 atom stereocenters. The van der Waals surface area contributed by atoms with Gasteiger partial charge >= 0.3 is 11.8 Å². The van der Waals surface area contributed by atoms with Gasteiger partial charge in [-0.3, -0.25) is 14.5 Å². The van der Waals surface area contributed by atoms with Crippen molar-refractivity contribution in [3.63, 3.8) is 0 Å². The molecule has 7 nitrogen and oxygen atoms in total. The van der Waals surface area contributed by atoms with E-state index in [9.17, 15) is 9.59 Å². The number of carbonyl (C=O) groups is 2. The van der Waals surface area contributed by atoms with Crippen molar-refractivity contribution >= 4 is 18.0 Å². The van der Waals surface area contributed by atoms with E-state index in [0.29, 0.717) is 6.54 Å². The van der Waals surface area contributed by atoms with Gasteiger partial charge in [-0.2, -0.15) is 5.10 Å². The minimum Gasteiger partial charge on any atom is -0.379 e. The van der Waals surface area contributed by atoms with Crippen molar-refractivity contribution in [1.82, 2.24) is 15.6 Å². The monoisotopic (exact) mass is 318 g/mol. The lowest BCUT2D eigenvalue weighted by Crippen LogP contribution is -2.40. The number of benzene rings is 1. The highest BCUT2D eigenvalue weighted by atomic mass is 16.5. The van der Waals surface area contributed by atoms with Crippen LogP contribution in [0, 0.1) is 0 Å². The number of amides is 2. The Bertz CT molecular complexity index is 527. The van der Waals surface area contributed by atoms with Crippen LogP contribution in [0.1, 0.15) is 12.0 Å². The number of hydrogen-bond acceptors (Lipinski definition) is 5. The van der Waals surface area contributed by atoms with Gasteiger partial charge in [0.05, 0.1) is 19.4 Å². The number of nitrogens with zero attached hydrogens (tertiary/aromatic N) is 2. The number of hydrogen-bond donors (Lipinski definition) is 2. The van der Waals surface area contributed by atoms with Gasteiger partial charge in [-0.1, -0.05) is 30.3 Å². The standard InChI is InChI=1S/C16H22N4O3/c21-15(17-7-4-8-20-9-11-23-12-10-20)16(22)19-18-13-14-5-2-1-3-6-14/h1-3,5-6,13H,4,7-12H2,(H,17,21)(H,19,22). The third-order valence-corrected chi connectivity index (χ3v) is 3.43. The lowest BCUT2D eigenvalue weighted by Gasteiger charge is -2.26. The van der Waals surface area contributed by atoms with Crippen LogP contribution in [-0.2, 0) is 14.3 Å². The molecule has 0 aromatic heterocycles. The first-order chi connectivity index (χ1) is 11.3. The van der Waals surface area contributed by atoms with E-state index < -0.39 is 11.8 Å². The minimum absolute atomic E-state index is 0.464. The van der Waals surface area contributed by atoms with Crippen LogP contribution in [0.25, 0.3) is 0 Å². The second kappa shape index (κ2) is 9.70. The number of ether oxygens (including phenoxy) is 1. The Hall–Kier alpha value is -2.25. The summed E-state index contributed by atoms with van der Waals surface area (Å²) in [6.45, 7) is 4.71. The largest absolute Gasteiger partial charge is 0.379 e. The normalized spacial score (nSPS) is 15.5. The van der Waals surface area contributed by atoms with Gasteiger partial charge in [0.1, 0.15) is 0 Å². The van der Waals surface area contributed by atoms with Crippen molar-refractivity contribution in [3.8, 4) is 0 Å². The highest BCUT2D eigenvalue weighted by Crippen LogP contribution is 1.97. The van der Waals surface area contributed by atoms with Gasteiger partial charge in [-0.15, -0.1) is 0 Å². The zero-order valence-electron chi connectivity index (χ0n) is 13.0. The van der Waals surface area contributed by atoms with Crippen LogP contribution in [0.2, 0.25) is 0 Å². The summed E-state index contributed by atoms with van der Waals surface area (Å²) in [4.78, 5) is 25.4. The molecule has 0 radical (unpaired) electrons. The molecule has 124 valence electrons. The smallest absolute Gasteiger partial charge is 0.329 e. The quantitative estimate of drug-likeness (QED) is 0.334. The summed E-state index contributed by atoms with van der Waals surface area (Å²) in [6, 6.07) is 9.32. The van der Waals surface area contributed by atoms with Crippen molar-refractivity contribution in [3.05, 3.63) is 35.9 Å². The number of carbonyl (C=O) groups excluding carboxylic acids is 2. The van der Waals surface area contributed by atoms with Crippen molar-refractivity contribution in [1.29, 1.82) is 0 Å². The summed E-state index contributed by atoms with van der Waals surface area (Å²) in [5, 5.41) is 6.34. The molecule has 1 aliphatic heterocycles.